The van der Waals surface area contributed by atoms with Gasteiger partial charge in [0.2, 0.25) is 0 Å². The van der Waals surface area contributed by atoms with Crippen molar-refractivity contribution in [1.82, 2.24) is 10.2 Å². The summed E-state index contributed by atoms with van der Waals surface area (Å²) in [5.41, 5.74) is 0. The molecular weight excluding hydrogens is 200 g/mol. The summed E-state index contributed by atoms with van der Waals surface area (Å²) in [6.45, 7) is 13.2. The van der Waals surface area contributed by atoms with Crippen LogP contribution in [0.25, 0.3) is 0 Å². The van der Waals surface area contributed by atoms with Crippen LogP contribution in [0.1, 0.15) is 40.5 Å². The standard InChI is InChI=1S/C13H28N2O/c1-5-7-14-13(6-2)12(4)15-8-9-16-11(3)10-15/h11-14H,5-10H2,1-4H3. The molecule has 0 radical (unpaired) electrons. The molecule has 1 N–H and O–H groups in total. The Balaban J connectivity index is 2.42. The van der Waals surface area contributed by atoms with Crippen LogP contribution in [0.15, 0.2) is 0 Å². The van der Waals surface area contributed by atoms with E-state index in [4.69, 9.17) is 4.74 Å². The third kappa shape index (κ3) is 4.04. The Bertz CT molecular complexity index is 187. The molecule has 0 amide bonds. The lowest BCUT2D eigenvalue weighted by Crippen LogP contribution is -2.53. The van der Waals surface area contributed by atoms with E-state index in [0.717, 1.165) is 26.2 Å². The largest absolute Gasteiger partial charge is 0.376 e. The number of ether oxygens (including phenoxy) is 1. The first kappa shape index (κ1) is 13.9. The molecule has 1 rings (SSSR count). The first-order valence-electron chi connectivity index (χ1n) is 6.78. The maximum Gasteiger partial charge on any atom is 0.0674 e. The van der Waals surface area contributed by atoms with E-state index in [-0.39, 0.29) is 0 Å². The van der Waals surface area contributed by atoms with Crippen molar-refractivity contribution in [3.05, 3.63) is 0 Å². The van der Waals surface area contributed by atoms with Crippen LogP contribution < -0.4 is 5.32 Å². The summed E-state index contributed by atoms with van der Waals surface area (Å²) >= 11 is 0. The molecule has 16 heavy (non-hydrogen) atoms. The van der Waals surface area contributed by atoms with E-state index in [1.807, 2.05) is 0 Å². The van der Waals surface area contributed by atoms with Crippen LogP contribution in [0.4, 0.5) is 0 Å². The van der Waals surface area contributed by atoms with Crippen molar-refractivity contribution in [3.8, 4) is 0 Å². The highest BCUT2D eigenvalue weighted by Crippen LogP contribution is 2.13. The molecule has 3 unspecified atom stereocenters. The lowest BCUT2D eigenvalue weighted by atomic mass is 10.0. The number of rotatable bonds is 6. The van der Waals surface area contributed by atoms with Gasteiger partial charge in [-0.25, -0.2) is 0 Å². The molecule has 1 fully saturated rings. The van der Waals surface area contributed by atoms with Gasteiger partial charge in [0, 0.05) is 25.2 Å². The van der Waals surface area contributed by atoms with E-state index in [2.05, 4.69) is 37.9 Å². The zero-order valence-corrected chi connectivity index (χ0v) is 11.3. The van der Waals surface area contributed by atoms with Crippen LogP contribution in [0, 0.1) is 0 Å². The van der Waals surface area contributed by atoms with E-state index in [1.54, 1.807) is 0 Å². The molecule has 1 aliphatic heterocycles. The smallest absolute Gasteiger partial charge is 0.0674 e. The highest BCUT2D eigenvalue weighted by Gasteiger charge is 2.25. The average Bonchev–Trinajstić information content (AvgIpc) is 2.29. The molecule has 0 spiro atoms. The lowest BCUT2D eigenvalue weighted by Gasteiger charge is -2.39. The highest BCUT2D eigenvalue weighted by atomic mass is 16.5. The topological polar surface area (TPSA) is 24.5 Å². The van der Waals surface area contributed by atoms with Gasteiger partial charge in [0.15, 0.2) is 0 Å². The van der Waals surface area contributed by atoms with Gasteiger partial charge in [-0.3, -0.25) is 4.90 Å². The fraction of sp³-hybridized carbons (Fsp3) is 1.00. The monoisotopic (exact) mass is 228 g/mol. The molecule has 1 heterocycles. The molecular formula is C13H28N2O. The van der Waals surface area contributed by atoms with Crippen molar-refractivity contribution in [1.29, 1.82) is 0 Å². The quantitative estimate of drug-likeness (QED) is 0.751. The second kappa shape index (κ2) is 7.25. The Morgan fingerprint density at radius 3 is 2.75 bits per heavy atom. The van der Waals surface area contributed by atoms with Gasteiger partial charge in [0.05, 0.1) is 12.7 Å². The third-order valence-corrected chi connectivity index (χ3v) is 3.53. The fourth-order valence-corrected chi connectivity index (χ4v) is 2.46. The van der Waals surface area contributed by atoms with Crippen molar-refractivity contribution in [3.63, 3.8) is 0 Å². The van der Waals surface area contributed by atoms with Crippen molar-refractivity contribution in [2.24, 2.45) is 0 Å². The molecule has 0 aromatic rings. The Morgan fingerprint density at radius 1 is 1.44 bits per heavy atom. The second-order valence-corrected chi connectivity index (χ2v) is 4.89. The van der Waals surface area contributed by atoms with Crippen LogP contribution >= 0.6 is 0 Å². The van der Waals surface area contributed by atoms with Crippen LogP contribution in [0.2, 0.25) is 0 Å². The van der Waals surface area contributed by atoms with Gasteiger partial charge < -0.3 is 10.1 Å². The fourth-order valence-electron chi connectivity index (χ4n) is 2.46. The molecule has 0 aliphatic carbocycles. The molecule has 0 aromatic carbocycles. The second-order valence-electron chi connectivity index (χ2n) is 4.89. The van der Waals surface area contributed by atoms with Gasteiger partial charge in [-0.2, -0.15) is 0 Å². The Labute approximate surface area is 101 Å². The van der Waals surface area contributed by atoms with Crippen LogP contribution in [0.3, 0.4) is 0 Å². The first-order chi connectivity index (χ1) is 7.69. The van der Waals surface area contributed by atoms with E-state index in [1.165, 1.54) is 12.8 Å². The van der Waals surface area contributed by atoms with Gasteiger partial charge >= 0.3 is 0 Å². The van der Waals surface area contributed by atoms with E-state index >= 15 is 0 Å². The minimum Gasteiger partial charge on any atom is -0.376 e. The zero-order valence-electron chi connectivity index (χ0n) is 11.3. The van der Waals surface area contributed by atoms with Crippen molar-refractivity contribution >= 4 is 0 Å². The maximum absolute atomic E-state index is 5.59. The van der Waals surface area contributed by atoms with Crippen molar-refractivity contribution in [2.75, 3.05) is 26.2 Å². The van der Waals surface area contributed by atoms with Crippen LogP contribution in [-0.4, -0.2) is 49.3 Å². The van der Waals surface area contributed by atoms with Crippen LogP contribution in [-0.2, 0) is 4.74 Å². The van der Waals surface area contributed by atoms with Gasteiger partial charge in [0.25, 0.3) is 0 Å². The normalized spacial score (nSPS) is 26.6. The number of hydrogen-bond acceptors (Lipinski definition) is 3. The van der Waals surface area contributed by atoms with E-state index in [9.17, 15) is 0 Å². The summed E-state index contributed by atoms with van der Waals surface area (Å²) in [6.07, 6.45) is 2.80. The molecule has 0 aromatic heterocycles. The van der Waals surface area contributed by atoms with Crippen LogP contribution in [0.5, 0.6) is 0 Å². The number of morpholine rings is 1. The molecule has 0 bridgehead atoms. The number of nitrogens with zero attached hydrogens (tertiary/aromatic N) is 1. The average molecular weight is 228 g/mol. The minimum absolute atomic E-state index is 0.389. The molecule has 3 atom stereocenters. The minimum atomic E-state index is 0.389. The van der Waals surface area contributed by atoms with Gasteiger partial charge in [-0.15, -0.1) is 0 Å². The van der Waals surface area contributed by atoms with Gasteiger partial charge in [0.1, 0.15) is 0 Å². The molecule has 3 nitrogen and oxygen atoms in total. The van der Waals surface area contributed by atoms with E-state index in [0.29, 0.717) is 18.2 Å². The Kier molecular flexibility index (Phi) is 6.32. The predicted molar refractivity (Wildman–Crippen MR) is 68.8 cm³/mol. The van der Waals surface area contributed by atoms with E-state index < -0.39 is 0 Å². The summed E-state index contributed by atoms with van der Waals surface area (Å²) in [5.74, 6) is 0. The molecule has 3 heteroatoms. The van der Waals surface area contributed by atoms with Gasteiger partial charge in [-0.05, 0) is 33.2 Å². The Morgan fingerprint density at radius 2 is 2.19 bits per heavy atom. The van der Waals surface area contributed by atoms with Gasteiger partial charge in [-0.1, -0.05) is 13.8 Å². The summed E-state index contributed by atoms with van der Waals surface area (Å²) in [4.78, 5) is 2.56. The Hall–Kier alpha value is -0.120. The molecule has 1 aliphatic rings. The predicted octanol–water partition coefficient (Wildman–Crippen LogP) is 1.87. The lowest BCUT2D eigenvalue weighted by molar-refractivity contribution is -0.0368. The summed E-state index contributed by atoms with van der Waals surface area (Å²) in [7, 11) is 0. The maximum atomic E-state index is 5.59. The summed E-state index contributed by atoms with van der Waals surface area (Å²) < 4.78 is 5.59. The highest BCUT2D eigenvalue weighted by molar-refractivity contribution is 4.83. The first-order valence-corrected chi connectivity index (χ1v) is 6.78. The van der Waals surface area contributed by atoms with Crippen molar-refractivity contribution < 1.29 is 4.74 Å². The summed E-state index contributed by atoms with van der Waals surface area (Å²) in [6, 6.07) is 1.23. The molecule has 96 valence electrons. The SMILES string of the molecule is CCCNC(CC)C(C)N1CCOC(C)C1. The summed E-state index contributed by atoms with van der Waals surface area (Å²) in [5, 5.41) is 3.65. The molecule has 1 saturated heterocycles. The number of hydrogen-bond donors (Lipinski definition) is 1. The van der Waals surface area contributed by atoms with Crippen molar-refractivity contribution in [2.45, 2.75) is 58.7 Å². The molecule has 0 saturated carbocycles. The zero-order chi connectivity index (χ0) is 12.0. The number of nitrogens with one attached hydrogen (secondary N) is 1. The third-order valence-electron chi connectivity index (χ3n) is 3.53.